The van der Waals surface area contributed by atoms with Gasteiger partial charge in [-0.2, -0.15) is 0 Å². The van der Waals surface area contributed by atoms with E-state index in [1.54, 1.807) is 0 Å². The normalized spacial score (nSPS) is 12.1. The zero-order valence-electron chi connectivity index (χ0n) is 21.3. The third-order valence-electron chi connectivity index (χ3n) is 6.77. The number of hydrogen-bond acceptors (Lipinski definition) is 1. The molecule has 0 saturated carbocycles. The molecule has 1 atom stereocenters. The minimum Gasteiger partial charge on any atom is -0.297 e. The van der Waals surface area contributed by atoms with Crippen LogP contribution in [-0.2, 0) is 0 Å². The number of benzene rings is 1. The van der Waals surface area contributed by atoms with Crippen molar-refractivity contribution < 1.29 is 0 Å². The minimum atomic E-state index is 0. The van der Waals surface area contributed by atoms with Gasteiger partial charge in [0.15, 0.2) is 0 Å². The molecule has 0 N–H and O–H groups in total. The molecule has 0 saturated heterocycles. The van der Waals surface area contributed by atoms with Crippen LogP contribution < -0.4 is 0 Å². The molecule has 0 fully saturated rings. The summed E-state index contributed by atoms with van der Waals surface area (Å²) in [6.45, 7) is 9.19. The van der Waals surface area contributed by atoms with Crippen LogP contribution >= 0.6 is 12.4 Å². The maximum absolute atomic E-state index is 2.63. The van der Waals surface area contributed by atoms with Crippen molar-refractivity contribution in [3.05, 3.63) is 35.9 Å². The number of nitrogens with zero attached hydrogens (tertiary/aromatic N) is 1. The second kappa shape index (κ2) is 22.7. The molecule has 0 bridgehead atoms. The van der Waals surface area contributed by atoms with Crippen molar-refractivity contribution in [2.75, 3.05) is 13.1 Å². The highest BCUT2D eigenvalue weighted by Crippen LogP contribution is 2.26. The summed E-state index contributed by atoms with van der Waals surface area (Å²) >= 11 is 0. The molecule has 0 aliphatic carbocycles. The molecule has 1 aromatic rings. The molecular weight excluding hydrogens is 398 g/mol. The van der Waals surface area contributed by atoms with Gasteiger partial charge in [0.05, 0.1) is 0 Å². The first-order valence-corrected chi connectivity index (χ1v) is 13.6. The molecule has 0 aliphatic heterocycles. The van der Waals surface area contributed by atoms with Gasteiger partial charge in [-0.3, -0.25) is 4.90 Å². The van der Waals surface area contributed by atoms with Crippen LogP contribution in [0.25, 0.3) is 0 Å². The number of halogens is 1. The van der Waals surface area contributed by atoms with Crippen LogP contribution in [0.5, 0.6) is 0 Å². The van der Waals surface area contributed by atoms with Crippen molar-refractivity contribution in [3.8, 4) is 0 Å². The quantitative estimate of drug-likeness (QED) is 0.168. The summed E-state index contributed by atoms with van der Waals surface area (Å²) < 4.78 is 0. The number of hydrogen-bond donors (Lipinski definition) is 0. The van der Waals surface area contributed by atoms with Gasteiger partial charge < -0.3 is 0 Å². The van der Waals surface area contributed by atoms with Crippen LogP contribution in [0.4, 0.5) is 0 Å². The standard InChI is InChI=1S/C29H53N.ClH/c1-4-7-8-9-10-11-12-13-14-15-16-17-18-19-20-24-27-29(30(5-2)6-3)28-25-22-21-23-26-28;/h21-23,25-26,29H,4-20,24,27H2,1-3H3;1H. The van der Waals surface area contributed by atoms with E-state index in [-0.39, 0.29) is 12.4 Å². The summed E-state index contributed by atoms with van der Waals surface area (Å²) in [6.07, 6.45) is 24.4. The Labute approximate surface area is 202 Å². The Balaban J connectivity index is 0.00000900. The lowest BCUT2D eigenvalue weighted by atomic mass is 9.97. The third kappa shape index (κ3) is 15.8. The molecule has 0 aliphatic rings. The summed E-state index contributed by atoms with van der Waals surface area (Å²) in [7, 11) is 0. The van der Waals surface area contributed by atoms with E-state index >= 15 is 0 Å². The Kier molecular flexibility index (Phi) is 22.3. The van der Waals surface area contributed by atoms with E-state index in [1.165, 1.54) is 115 Å². The van der Waals surface area contributed by atoms with Gasteiger partial charge in [-0.1, -0.05) is 154 Å². The Morgan fingerprint density at radius 1 is 0.548 bits per heavy atom. The number of unbranched alkanes of at least 4 members (excludes halogenated alkanes) is 15. The van der Waals surface area contributed by atoms with Crippen LogP contribution in [0.2, 0.25) is 0 Å². The molecule has 0 spiro atoms. The Hall–Kier alpha value is -0.530. The van der Waals surface area contributed by atoms with Crippen LogP contribution in [0.3, 0.4) is 0 Å². The number of rotatable bonds is 21. The smallest absolute Gasteiger partial charge is 0.0347 e. The van der Waals surface area contributed by atoms with Crippen molar-refractivity contribution in [3.63, 3.8) is 0 Å². The van der Waals surface area contributed by atoms with E-state index in [0.717, 1.165) is 13.1 Å². The van der Waals surface area contributed by atoms with Crippen molar-refractivity contribution in [1.29, 1.82) is 0 Å². The predicted octanol–water partition coefficient (Wildman–Crippen LogP) is 10.1. The predicted molar refractivity (Wildman–Crippen MR) is 144 cm³/mol. The van der Waals surface area contributed by atoms with Gasteiger partial charge in [-0.05, 0) is 25.1 Å². The van der Waals surface area contributed by atoms with Crippen LogP contribution in [-0.4, -0.2) is 18.0 Å². The van der Waals surface area contributed by atoms with Crippen molar-refractivity contribution in [2.45, 2.75) is 136 Å². The van der Waals surface area contributed by atoms with Gasteiger partial charge >= 0.3 is 0 Å². The van der Waals surface area contributed by atoms with Crippen LogP contribution in [0, 0.1) is 0 Å². The van der Waals surface area contributed by atoms with E-state index < -0.39 is 0 Å². The molecule has 31 heavy (non-hydrogen) atoms. The van der Waals surface area contributed by atoms with Crippen LogP contribution in [0.1, 0.15) is 142 Å². The lowest BCUT2D eigenvalue weighted by Crippen LogP contribution is -2.28. The SMILES string of the molecule is CCCCCCCCCCCCCCCCCCC(c1ccccc1)N(CC)CC.Cl. The van der Waals surface area contributed by atoms with E-state index in [4.69, 9.17) is 0 Å². The zero-order chi connectivity index (χ0) is 21.7. The molecule has 1 rings (SSSR count). The zero-order valence-corrected chi connectivity index (χ0v) is 22.1. The molecule has 182 valence electrons. The van der Waals surface area contributed by atoms with Gasteiger partial charge in [0.2, 0.25) is 0 Å². The first-order valence-electron chi connectivity index (χ1n) is 13.6. The largest absolute Gasteiger partial charge is 0.297 e. The monoisotopic (exact) mass is 451 g/mol. The van der Waals surface area contributed by atoms with Crippen molar-refractivity contribution in [2.24, 2.45) is 0 Å². The first kappa shape index (κ1) is 30.5. The average molecular weight is 452 g/mol. The highest BCUT2D eigenvalue weighted by molar-refractivity contribution is 5.85. The second-order valence-corrected chi connectivity index (χ2v) is 9.24. The molecule has 0 radical (unpaired) electrons. The van der Waals surface area contributed by atoms with Gasteiger partial charge in [0, 0.05) is 6.04 Å². The third-order valence-corrected chi connectivity index (χ3v) is 6.77. The summed E-state index contributed by atoms with van der Waals surface area (Å²) in [4.78, 5) is 2.63. The fraction of sp³-hybridized carbons (Fsp3) is 0.793. The molecular formula is C29H54ClN. The summed E-state index contributed by atoms with van der Waals surface area (Å²) in [5.41, 5.74) is 1.50. The fourth-order valence-corrected chi connectivity index (χ4v) is 4.79. The summed E-state index contributed by atoms with van der Waals surface area (Å²) in [5, 5.41) is 0. The minimum absolute atomic E-state index is 0. The maximum atomic E-state index is 2.63. The molecule has 0 aromatic heterocycles. The summed E-state index contributed by atoms with van der Waals surface area (Å²) in [5.74, 6) is 0. The van der Waals surface area contributed by atoms with Gasteiger partial charge in [-0.15, -0.1) is 12.4 Å². The van der Waals surface area contributed by atoms with E-state index in [1.807, 2.05) is 0 Å². The molecule has 0 amide bonds. The lowest BCUT2D eigenvalue weighted by molar-refractivity contribution is 0.204. The Bertz CT molecular complexity index is 457. The Morgan fingerprint density at radius 3 is 1.32 bits per heavy atom. The molecule has 1 nitrogen and oxygen atoms in total. The van der Waals surface area contributed by atoms with E-state index in [2.05, 4.69) is 56.0 Å². The second-order valence-electron chi connectivity index (χ2n) is 9.24. The van der Waals surface area contributed by atoms with Crippen molar-refractivity contribution in [1.82, 2.24) is 4.90 Å². The summed E-state index contributed by atoms with van der Waals surface area (Å²) in [6, 6.07) is 11.8. The molecule has 2 heteroatoms. The van der Waals surface area contributed by atoms with Crippen LogP contribution in [0.15, 0.2) is 30.3 Å². The van der Waals surface area contributed by atoms with E-state index in [9.17, 15) is 0 Å². The topological polar surface area (TPSA) is 3.24 Å². The van der Waals surface area contributed by atoms with Crippen molar-refractivity contribution >= 4 is 12.4 Å². The Morgan fingerprint density at radius 2 is 0.935 bits per heavy atom. The first-order chi connectivity index (χ1) is 14.8. The highest BCUT2D eigenvalue weighted by Gasteiger charge is 2.16. The van der Waals surface area contributed by atoms with Gasteiger partial charge in [0.1, 0.15) is 0 Å². The van der Waals surface area contributed by atoms with E-state index in [0.29, 0.717) is 6.04 Å². The highest BCUT2D eigenvalue weighted by atomic mass is 35.5. The lowest BCUT2D eigenvalue weighted by Gasteiger charge is -2.30. The molecule has 1 unspecified atom stereocenters. The average Bonchev–Trinajstić information content (AvgIpc) is 2.78. The maximum Gasteiger partial charge on any atom is 0.0347 e. The fourth-order valence-electron chi connectivity index (χ4n) is 4.79. The molecule has 1 aromatic carbocycles. The van der Waals surface area contributed by atoms with Gasteiger partial charge in [0.25, 0.3) is 0 Å². The van der Waals surface area contributed by atoms with Gasteiger partial charge in [-0.25, -0.2) is 0 Å². The molecule has 0 heterocycles.